The van der Waals surface area contributed by atoms with Gasteiger partial charge >= 0.3 is 5.97 Å². The first kappa shape index (κ1) is 12.7. The van der Waals surface area contributed by atoms with Crippen molar-refractivity contribution in [3.8, 4) is 0 Å². The summed E-state index contributed by atoms with van der Waals surface area (Å²) in [7, 11) is 0. The van der Waals surface area contributed by atoms with Gasteiger partial charge in [-0.2, -0.15) is 0 Å². The van der Waals surface area contributed by atoms with Crippen LogP contribution in [0, 0.1) is 0 Å². The summed E-state index contributed by atoms with van der Waals surface area (Å²) >= 11 is 0. The highest BCUT2D eigenvalue weighted by Crippen LogP contribution is 2.19. The Morgan fingerprint density at radius 2 is 1.88 bits per heavy atom. The zero-order valence-corrected chi connectivity index (χ0v) is 9.97. The Morgan fingerprint density at radius 1 is 1.25 bits per heavy atom. The van der Waals surface area contributed by atoms with Crippen molar-refractivity contribution in [2.45, 2.75) is 33.0 Å². The van der Waals surface area contributed by atoms with Gasteiger partial charge in [0.25, 0.3) is 0 Å². The molecule has 0 aromatic heterocycles. The molecule has 0 bridgehead atoms. The zero-order chi connectivity index (χ0) is 12.0. The van der Waals surface area contributed by atoms with E-state index in [4.69, 9.17) is 9.47 Å². The Hall–Kier alpha value is -1.35. The molecule has 3 heteroatoms. The SMILES string of the molecule is CCO[C@H](C(=O)OC(C)C)c1ccccc1. The third-order valence-electron chi connectivity index (χ3n) is 2.00. The summed E-state index contributed by atoms with van der Waals surface area (Å²) in [6, 6.07) is 9.39. The fourth-order valence-electron chi connectivity index (χ4n) is 1.39. The van der Waals surface area contributed by atoms with Crippen LogP contribution in [0.15, 0.2) is 30.3 Å². The lowest BCUT2D eigenvalue weighted by molar-refractivity contribution is -0.161. The van der Waals surface area contributed by atoms with Crippen molar-refractivity contribution >= 4 is 5.97 Å². The predicted molar refractivity (Wildman–Crippen MR) is 62.0 cm³/mol. The van der Waals surface area contributed by atoms with Gasteiger partial charge in [-0.3, -0.25) is 0 Å². The van der Waals surface area contributed by atoms with Crippen molar-refractivity contribution in [3.05, 3.63) is 35.9 Å². The van der Waals surface area contributed by atoms with Gasteiger partial charge in [-0.25, -0.2) is 4.79 Å². The van der Waals surface area contributed by atoms with Crippen molar-refractivity contribution in [1.29, 1.82) is 0 Å². The van der Waals surface area contributed by atoms with Crippen LogP contribution in [0.2, 0.25) is 0 Å². The molecule has 1 rings (SSSR count). The third kappa shape index (κ3) is 3.66. The van der Waals surface area contributed by atoms with E-state index >= 15 is 0 Å². The molecule has 0 N–H and O–H groups in total. The van der Waals surface area contributed by atoms with Gasteiger partial charge in [0.1, 0.15) is 0 Å². The monoisotopic (exact) mass is 222 g/mol. The van der Waals surface area contributed by atoms with Crippen LogP contribution in [0.4, 0.5) is 0 Å². The molecule has 3 nitrogen and oxygen atoms in total. The van der Waals surface area contributed by atoms with Crippen LogP contribution in [0.1, 0.15) is 32.4 Å². The molecule has 0 aliphatic carbocycles. The fourth-order valence-corrected chi connectivity index (χ4v) is 1.39. The molecule has 0 unspecified atom stereocenters. The van der Waals surface area contributed by atoms with Gasteiger partial charge in [-0.1, -0.05) is 30.3 Å². The van der Waals surface area contributed by atoms with Gasteiger partial charge in [-0.15, -0.1) is 0 Å². The molecule has 0 saturated carbocycles. The highest BCUT2D eigenvalue weighted by atomic mass is 16.6. The molecule has 1 aromatic rings. The second-order valence-corrected chi connectivity index (χ2v) is 3.73. The molecule has 88 valence electrons. The van der Waals surface area contributed by atoms with Crippen LogP contribution in [0.25, 0.3) is 0 Å². The molecule has 0 spiro atoms. The van der Waals surface area contributed by atoms with Crippen LogP contribution >= 0.6 is 0 Å². The summed E-state index contributed by atoms with van der Waals surface area (Å²) in [6.45, 7) is 5.99. The standard InChI is InChI=1S/C13H18O3/c1-4-15-12(13(14)16-10(2)3)11-8-6-5-7-9-11/h5-10,12H,4H2,1-3H3/t12-/m0/s1. The largest absolute Gasteiger partial charge is 0.461 e. The van der Waals surface area contributed by atoms with Gasteiger partial charge in [-0.05, 0) is 26.3 Å². The summed E-state index contributed by atoms with van der Waals surface area (Å²) in [5.41, 5.74) is 0.829. The molecular formula is C13H18O3. The maximum absolute atomic E-state index is 11.8. The van der Waals surface area contributed by atoms with E-state index in [2.05, 4.69) is 0 Å². The minimum atomic E-state index is -0.617. The topological polar surface area (TPSA) is 35.5 Å². The lowest BCUT2D eigenvalue weighted by atomic mass is 10.1. The summed E-state index contributed by atoms with van der Waals surface area (Å²) in [5.74, 6) is -0.331. The maximum Gasteiger partial charge on any atom is 0.340 e. The summed E-state index contributed by atoms with van der Waals surface area (Å²) in [4.78, 5) is 11.8. The Balaban J connectivity index is 2.79. The molecule has 0 aliphatic heterocycles. The maximum atomic E-state index is 11.8. The number of hydrogen-bond donors (Lipinski definition) is 0. The van der Waals surface area contributed by atoms with E-state index < -0.39 is 6.10 Å². The molecule has 0 heterocycles. The minimum absolute atomic E-state index is 0.126. The van der Waals surface area contributed by atoms with Crippen LogP contribution in [0.3, 0.4) is 0 Å². The Kier molecular flexibility index (Phi) is 4.99. The predicted octanol–water partition coefficient (Wildman–Crippen LogP) is 2.72. The van der Waals surface area contributed by atoms with Gasteiger partial charge < -0.3 is 9.47 Å². The van der Waals surface area contributed by atoms with E-state index in [9.17, 15) is 4.79 Å². The Labute approximate surface area is 96.4 Å². The van der Waals surface area contributed by atoms with E-state index in [1.165, 1.54) is 0 Å². The number of ether oxygens (including phenoxy) is 2. The first-order valence-electron chi connectivity index (χ1n) is 5.52. The number of carbonyl (C=O) groups is 1. The van der Waals surface area contributed by atoms with Gasteiger partial charge in [0, 0.05) is 6.61 Å². The first-order chi connectivity index (χ1) is 7.65. The fraction of sp³-hybridized carbons (Fsp3) is 0.462. The average molecular weight is 222 g/mol. The number of rotatable bonds is 5. The molecule has 0 aliphatic rings. The van der Waals surface area contributed by atoms with Crippen LogP contribution in [-0.4, -0.2) is 18.7 Å². The minimum Gasteiger partial charge on any atom is -0.461 e. The van der Waals surface area contributed by atoms with E-state index in [0.29, 0.717) is 6.61 Å². The summed E-state index contributed by atoms with van der Waals surface area (Å²) in [5, 5.41) is 0. The highest BCUT2D eigenvalue weighted by molar-refractivity contribution is 5.76. The Bertz CT molecular complexity index is 319. The highest BCUT2D eigenvalue weighted by Gasteiger charge is 2.22. The zero-order valence-electron chi connectivity index (χ0n) is 9.97. The van der Waals surface area contributed by atoms with E-state index in [1.54, 1.807) is 0 Å². The van der Waals surface area contributed by atoms with Crippen LogP contribution in [0.5, 0.6) is 0 Å². The molecule has 1 aromatic carbocycles. The average Bonchev–Trinajstić information content (AvgIpc) is 2.26. The van der Waals surface area contributed by atoms with Crippen molar-refractivity contribution in [3.63, 3.8) is 0 Å². The first-order valence-corrected chi connectivity index (χ1v) is 5.52. The van der Waals surface area contributed by atoms with Gasteiger partial charge in [0.2, 0.25) is 0 Å². The molecule has 0 amide bonds. The molecule has 0 fully saturated rings. The normalized spacial score (nSPS) is 12.5. The van der Waals surface area contributed by atoms with Crippen molar-refractivity contribution < 1.29 is 14.3 Å². The smallest absolute Gasteiger partial charge is 0.340 e. The lowest BCUT2D eigenvalue weighted by Crippen LogP contribution is -2.22. The number of esters is 1. The van der Waals surface area contributed by atoms with E-state index in [1.807, 2.05) is 51.1 Å². The number of benzene rings is 1. The summed E-state index contributed by atoms with van der Waals surface area (Å²) < 4.78 is 10.6. The van der Waals surface area contributed by atoms with E-state index in [0.717, 1.165) is 5.56 Å². The number of carbonyl (C=O) groups excluding carboxylic acids is 1. The van der Waals surface area contributed by atoms with Crippen molar-refractivity contribution in [2.24, 2.45) is 0 Å². The Morgan fingerprint density at radius 3 is 2.38 bits per heavy atom. The summed E-state index contributed by atoms with van der Waals surface area (Å²) in [6.07, 6.45) is -0.743. The molecular weight excluding hydrogens is 204 g/mol. The quantitative estimate of drug-likeness (QED) is 0.718. The number of hydrogen-bond acceptors (Lipinski definition) is 3. The van der Waals surface area contributed by atoms with Crippen molar-refractivity contribution in [1.82, 2.24) is 0 Å². The van der Waals surface area contributed by atoms with Crippen molar-refractivity contribution in [2.75, 3.05) is 6.61 Å². The molecule has 16 heavy (non-hydrogen) atoms. The van der Waals surface area contributed by atoms with E-state index in [-0.39, 0.29) is 12.1 Å². The van der Waals surface area contributed by atoms with Gasteiger partial charge in [0.15, 0.2) is 6.10 Å². The van der Waals surface area contributed by atoms with Crippen LogP contribution < -0.4 is 0 Å². The van der Waals surface area contributed by atoms with Gasteiger partial charge in [0.05, 0.1) is 6.10 Å². The second-order valence-electron chi connectivity index (χ2n) is 3.73. The molecule has 1 atom stereocenters. The second kappa shape index (κ2) is 6.28. The van der Waals surface area contributed by atoms with Crippen LogP contribution in [-0.2, 0) is 14.3 Å². The third-order valence-corrected chi connectivity index (χ3v) is 2.00. The molecule has 0 saturated heterocycles. The molecule has 0 radical (unpaired) electrons. The lowest BCUT2D eigenvalue weighted by Gasteiger charge is -2.17.